The quantitative estimate of drug-likeness (QED) is 0.813. The normalized spacial score (nSPS) is 19.2. The Labute approximate surface area is 91.2 Å². The maximum atomic E-state index is 4.36. The topological polar surface area (TPSA) is 16.1 Å². The van der Waals surface area contributed by atoms with Crippen LogP contribution in [-0.2, 0) is 6.54 Å². The zero-order chi connectivity index (χ0) is 9.10. The van der Waals surface area contributed by atoms with Gasteiger partial charge in [-0.25, -0.2) is 0 Å². The first kappa shape index (κ1) is 9.62. The minimum Gasteiger partial charge on any atom is -0.297 e. The van der Waals surface area contributed by atoms with E-state index in [4.69, 9.17) is 0 Å². The van der Waals surface area contributed by atoms with E-state index in [1.807, 2.05) is 0 Å². The molecule has 0 atom stereocenters. The summed E-state index contributed by atoms with van der Waals surface area (Å²) in [5, 5.41) is 0. The molecular weight excluding hydrogens is 248 g/mol. The van der Waals surface area contributed by atoms with Gasteiger partial charge in [-0.05, 0) is 59.5 Å². The van der Waals surface area contributed by atoms with Gasteiger partial charge in [0, 0.05) is 6.54 Å². The van der Waals surface area contributed by atoms with Gasteiger partial charge in [0.25, 0.3) is 0 Å². The van der Waals surface area contributed by atoms with Gasteiger partial charge in [0.1, 0.15) is 0 Å². The molecule has 1 saturated heterocycles. The van der Waals surface area contributed by atoms with Crippen molar-refractivity contribution in [1.82, 2.24) is 9.27 Å². The largest absolute Gasteiger partial charge is 0.297 e. The van der Waals surface area contributed by atoms with E-state index in [9.17, 15) is 0 Å². The molecule has 0 aromatic carbocycles. The van der Waals surface area contributed by atoms with Gasteiger partial charge in [-0.3, -0.25) is 4.90 Å². The molecule has 1 fully saturated rings. The zero-order valence-corrected chi connectivity index (χ0v) is 9.90. The molecule has 4 heteroatoms. The third-order valence-electron chi connectivity index (χ3n) is 2.36. The molecule has 0 amide bonds. The van der Waals surface area contributed by atoms with Gasteiger partial charge in [0.2, 0.25) is 0 Å². The summed E-state index contributed by atoms with van der Waals surface area (Å²) in [4.78, 5) is 2.49. The third-order valence-corrected chi connectivity index (χ3v) is 3.65. The van der Waals surface area contributed by atoms with E-state index in [1.54, 1.807) is 0 Å². The van der Waals surface area contributed by atoms with Crippen LogP contribution in [0.1, 0.15) is 25.0 Å². The predicted molar refractivity (Wildman–Crippen MR) is 58.9 cm³/mol. The summed E-state index contributed by atoms with van der Waals surface area (Å²) < 4.78 is 5.50. The van der Waals surface area contributed by atoms with E-state index in [1.165, 1.54) is 49.6 Å². The van der Waals surface area contributed by atoms with Crippen molar-refractivity contribution in [3.63, 3.8) is 0 Å². The number of likely N-dealkylation sites (tertiary alicyclic amines) is 1. The maximum Gasteiger partial charge on any atom is 0.0908 e. The molecule has 0 bridgehead atoms. The molecule has 0 N–H and O–H groups in total. The molecule has 1 aromatic heterocycles. The predicted octanol–water partition coefficient (Wildman–Crippen LogP) is 2.89. The van der Waals surface area contributed by atoms with Gasteiger partial charge >= 0.3 is 0 Å². The van der Waals surface area contributed by atoms with Crippen molar-refractivity contribution >= 4 is 27.5 Å². The van der Waals surface area contributed by atoms with Crippen LogP contribution in [0.2, 0.25) is 0 Å². The summed E-state index contributed by atoms with van der Waals surface area (Å²) in [5.41, 5.74) is 1.21. The van der Waals surface area contributed by atoms with Crippen LogP contribution in [0.25, 0.3) is 0 Å². The van der Waals surface area contributed by atoms with E-state index in [0.29, 0.717) is 0 Å². The molecule has 1 aliphatic heterocycles. The number of nitrogens with zero attached hydrogens (tertiary/aromatic N) is 2. The molecule has 72 valence electrons. The fourth-order valence-corrected chi connectivity index (χ4v) is 2.69. The summed E-state index contributed by atoms with van der Waals surface area (Å²) in [6.07, 6.45) is 4.11. The van der Waals surface area contributed by atoms with Gasteiger partial charge in [-0.2, -0.15) is 4.37 Å². The van der Waals surface area contributed by atoms with E-state index in [-0.39, 0.29) is 0 Å². The Morgan fingerprint density at radius 1 is 1.38 bits per heavy atom. The summed E-state index contributed by atoms with van der Waals surface area (Å²) in [7, 11) is 0. The first-order valence-corrected chi connectivity index (χ1v) is 6.25. The SMILES string of the molecule is Brc1cc(CN2CCCCC2)ns1. The minimum atomic E-state index is 1.03. The Balaban J connectivity index is 1.89. The van der Waals surface area contributed by atoms with Crippen LogP contribution < -0.4 is 0 Å². The average Bonchev–Trinajstić information content (AvgIpc) is 2.53. The summed E-state index contributed by atoms with van der Waals surface area (Å²) in [6, 6.07) is 2.12. The number of halogens is 1. The second-order valence-electron chi connectivity index (χ2n) is 3.46. The third kappa shape index (κ3) is 2.76. The van der Waals surface area contributed by atoms with Crippen molar-refractivity contribution in [2.75, 3.05) is 13.1 Å². The van der Waals surface area contributed by atoms with Gasteiger partial charge in [-0.1, -0.05) is 6.42 Å². The lowest BCUT2D eigenvalue weighted by Gasteiger charge is -2.25. The van der Waals surface area contributed by atoms with Crippen molar-refractivity contribution in [2.24, 2.45) is 0 Å². The molecule has 2 nitrogen and oxygen atoms in total. The van der Waals surface area contributed by atoms with Crippen molar-refractivity contribution in [2.45, 2.75) is 25.8 Å². The van der Waals surface area contributed by atoms with Crippen LogP contribution in [0.15, 0.2) is 9.85 Å². The summed E-state index contributed by atoms with van der Waals surface area (Å²) in [5.74, 6) is 0. The van der Waals surface area contributed by atoms with E-state index >= 15 is 0 Å². The highest BCUT2D eigenvalue weighted by atomic mass is 79.9. The number of rotatable bonds is 2. The fraction of sp³-hybridized carbons (Fsp3) is 0.667. The van der Waals surface area contributed by atoms with Crippen molar-refractivity contribution < 1.29 is 0 Å². The van der Waals surface area contributed by atoms with Crippen LogP contribution in [-0.4, -0.2) is 22.4 Å². The highest BCUT2D eigenvalue weighted by Gasteiger charge is 2.11. The van der Waals surface area contributed by atoms with Crippen LogP contribution in [0.5, 0.6) is 0 Å². The Bertz CT molecular complexity index is 268. The lowest BCUT2D eigenvalue weighted by molar-refractivity contribution is 0.219. The summed E-state index contributed by atoms with van der Waals surface area (Å²) in [6.45, 7) is 3.52. The first-order chi connectivity index (χ1) is 6.34. The average molecular weight is 261 g/mol. The van der Waals surface area contributed by atoms with Gasteiger partial charge < -0.3 is 0 Å². The molecule has 2 heterocycles. The Kier molecular flexibility index (Phi) is 3.35. The van der Waals surface area contributed by atoms with Crippen LogP contribution in [0.3, 0.4) is 0 Å². The van der Waals surface area contributed by atoms with E-state index in [0.717, 1.165) is 10.3 Å². The molecule has 1 aromatic rings. The van der Waals surface area contributed by atoms with Gasteiger partial charge in [0.15, 0.2) is 0 Å². The van der Waals surface area contributed by atoms with E-state index < -0.39 is 0 Å². The molecule has 0 unspecified atom stereocenters. The standard InChI is InChI=1S/C9H13BrN2S/c10-9-6-8(11-13-9)7-12-4-2-1-3-5-12/h6H,1-5,7H2. The molecule has 0 spiro atoms. The molecule has 0 saturated carbocycles. The van der Waals surface area contributed by atoms with E-state index in [2.05, 4.69) is 31.3 Å². The van der Waals surface area contributed by atoms with Crippen LogP contribution in [0, 0.1) is 0 Å². The molecule has 1 aliphatic rings. The second kappa shape index (κ2) is 4.53. The number of hydrogen-bond donors (Lipinski definition) is 0. The highest BCUT2D eigenvalue weighted by Crippen LogP contribution is 2.19. The Hall–Kier alpha value is 0.0700. The number of piperidine rings is 1. The number of hydrogen-bond acceptors (Lipinski definition) is 3. The minimum absolute atomic E-state index is 1.03. The second-order valence-corrected chi connectivity index (χ2v) is 5.64. The van der Waals surface area contributed by atoms with Crippen LogP contribution >= 0.6 is 27.5 Å². The van der Waals surface area contributed by atoms with Crippen molar-refractivity contribution in [3.8, 4) is 0 Å². The lowest BCUT2D eigenvalue weighted by Crippen LogP contribution is -2.29. The van der Waals surface area contributed by atoms with Crippen molar-refractivity contribution in [3.05, 3.63) is 15.5 Å². The van der Waals surface area contributed by atoms with Gasteiger partial charge in [0.05, 0.1) is 9.48 Å². The molecule has 0 radical (unpaired) electrons. The number of aromatic nitrogens is 1. The first-order valence-electron chi connectivity index (χ1n) is 4.68. The molecule has 2 rings (SSSR count). The lowest BCUT2D eigenvalue weighted by atomic mass is 10.1. The Morgan fingerprint density at radius 3 is 2.77 bits per heavy atom. The van der Waals surface area contributed by atoms with Crippen molar-refractivity contribution in [1.29, 1.82) is 0 Å². The fourth-order valence-electron chi connectivity index (χ4n) is 1.71. The zero-order valence-electron chi connectivity index (χ0n) is 7.50. The Morgan fingerprint density at radius 2 is 2.15 bits per heavy atom. The molecular formula is C9H13BrN2S. The maximum absolute atomic E-state index is 4.36. The monoisotopic (exact) mass is 260 g/mol. The highest BCUT2D eigenvalue weighted by molar-refractivity contribution is 9.11. The van der Waals surface area contributed by atoms with Gasteiger partial charge in [-0.15, -0.1) is 0 Å². The van der Waals surface area contributed by atoms with Crippen LogP contribution in [0.4, 0.5) is 0 Å². The summed E-state index contributed by atoms with van der Waals surface area (Å²) >= 11 is 4.97. The smallest absolute Gasteiger partial charge is 0.0908 e. The molecule has 0 aliphatic carbocycles. The molecule has 13 heavy (non-hydrogen) atoms.